The molecule has 0 aliphatic carbocycles. The van der Waals surface area contributed by atoms with E-state index in [9.17, 15) is 4.79 Å². The Kier molecular flexibility index (Phi) is 4.51. The van der Waals surface area contributed by atoms with E-state index >= 15 is 0 Å². The minimum absolute atomic E-state index is 0.0864. The van der Waals surface area contributed by atoms with Crippen LogP contribution in [-0.4, -0.2) is 46.2 Å². The zero-order valence-electron chi connectivity index (χ0n) is 16.4. The molecule has 1 aromatic carbocycles. The maximum Gasteiger partial charge on any atom is 0.246 e. The van der Waals surface area contributed by atoms with Crippen molar-refractivity contribution in [1.29, 1.82) is 0 Å². The first-order chi connectivity index (χ1) is 14.2. The van der Waals surface area contributed by atoms with Gasteiger partial charge in [0.15, 0.2) is 12.8 Å². The highest BCUT2D eigenvalue weighted by molar-refractivity contribution is 5.92. The number of carbonyl (C=O) groups excluding carboxylic acids is 1. The van der Waals surface area contributed by atoms with Crippen LogP contribution in [-0.2, 0) is 11.2 Å². The van der Waals surface area contributed by atoms with Gasteiger partial charge in [-0.05, 0) is 36.1 Å². The van der Waals surface area contributed by atoms with Crippen molar-refractivity contribution in [1.82, 2.24) is 9.88 Å². The largest absolute Gasteiger partial charge is 0.344 e. The lowest BCUT2D eigenvalue weighted by molar-refractivity contribution is -0.433. The Bertz CT molecular complexity index is 1020. The molecule has 5 nitrogen and oxygen atoms in total. The fraction of sp³-hybridized carbons (Fsp3) is 0.292. The van der Waals surface area contributed by atoms with Crippen molar-refractivity contribution in [3.05, 3.63) is 72.1 Å². The van der Waals surface area contributed by atoms with Gasteiger partial charge >= 0.3 is 0 Å². The number of nitrogens with one attached hydrogen (secondary N) is 1. The normalized spacial score (nSPS) is 23.0. The van der Waals surface area contributed by atoms with Crippen LogP contribution in [0.15, 0.2) is 60.9 Å². The molecule has 2 atom stereocenters. The van der Waals surface area contributed by atoms with Gasteiger partial charge in [0.25, 0.3) is 0 Å². The van der Waals surface area contributed by atoms with Crippen molar-refractivity contribution in [3.63, 3.8) is 0 Å². The lowest BCUT2D eigenvalue weighted by Gasteiger charge is -2.19. The predicted molar refractivity (Wildman–Crippen MR) is 115 cm³/mol. The number of rotatable bonds is 3. The van der Waals surface area contributed by atoms with Crippen LogP contribution >= 0.6 is 0 Å². The number of aryl methyl sites for hydroxylation is 1. The molecule has 1 N–H and O–H groups in total. The second kappa shape index (κ2) is 7.32. The quantitative estimate of drug-likeness (QED) is 0.650. The van der Waals surface area contributed by atoms with E-state index in [0.29, 0.717) is 11.8 Å². The molecule has 0 bridgehead atoms. The van der Waals surface area contributed by atoms with Crippen molar-refractivity contribution < 1.29 is 9.37 Å². The Morgan fingerprint density at radius 3 is 2.93 bits per heavy atom. The number of carbonyl (C=O) groups is 1. The summed E-state index contributed by atoms with van der Waals surface area (Å²) < 4.78 is 2.33. The van der Waals surface area contributed by atoms with E-state index in [1.807, 2.05) is 17.0 Å². The van der Waals surface area contributed by atoms with Gasteiger partial charge in [0.05, 0.1) is 5.92 Å². The average Bonchev–Trinajstić information content (AvgIpc) is 3.32. The van der Waals surface area contributed by atoms with Crippen molar-refractivity contribution in [2.24, 2.45) is 11.8 Å². The first kappa shape index (κ1) is 17.9. The predicted octanol–water partition coefficient (Wildman–Crippen LogP) is 3.47. The van der Waals surface area contributed by atoms with Gasteiger partial charge in [-0.1, -0.05) is 24.8 Å². The van der Waals surface area contributed by atoms with E-state index in [1.165, 1.54) is 11.3 Å². The summed E-state index contributed by atoms with van der Waals surface area (Å²) >= 11 is 0. The van der Waals surface area contributed by atoms with Crippen molar-refractivity contribution in [2.45, 2.75) is 12.8 Å². The number of benzene rings is 1. The van der Waals surface area contributed by atoms with Gasteiger partial charge in [0.1, 0.15) is 5.82 Å². The molecule has 1 amide bonds. The molecule has 1 fully saturated rings. The number of anilines is 1. The molecular weight excluding hydrogens is 360 g/mol. The minimum Gasteiger partial charge on any atom is -0.344 e. The van der Waals surface area contributed by atoms with E-state index in [1.54, 1.807) is 12.3 Å². The number of likely N-dealkylation sites (tertiary alicyclic amines) is 1. The molecular formula is C24H25N4O+. The Morgan fingerprint density at radius 2 is 2.10 bits per heavy atom. The molecule has 5 heteroatoms. The fourth-order valence-electron chi connectivity index (χ4n) is 4.51. The van der Waals surface area contributed by atoms with Crippen LogP contribution in [0.25, 0.3) is 6.08 Å². The van der Waals surface area contributed by atoms with Crippen LogP contribution in [0.5, 0.6) is 0 Å². The van der Waals surface area contributed by atoms with Crippen LogP contribution in [0, 0.1) is 11.8 Å². The SMILES string of the molecule is C=C1CCc2cc(/C=C/C(=O)N3C[C@H]4C[N+](c5ccccc5)=C[C@H]4C3)cnc2N1. The Balaban J connectivity index is 1.23. The molecule has 2 aromatic rings. The molecule has 0 spiro atoms. The molecule has 29 heavy (non-hydrogen) atoms. The van der Waals surface area contributed by atoms with Gasteiger partial charge < -0.3 is 10.2 Å². The summed E-state index contributed by atoms with van der Waals surface area (Å²) in [5.74, 6) is 1.92. The molecule has 5 rings (SSSR count). The number of para-hydroxylation sites is 1. The summed E-state index contributed by atoms with van der Waals surface area (Å²) in [7, 11) is 0. The monoisotopic (exact) mass is 385 g/mol. The fourth-order valence-corrected chi connectivity index (χ4v) is 4.51. The third kappa shape index (κ3) is 3.60. The van der Waals surface area contributed by atoms with Crippen molar-refractivity contribution in [2.75, 3.05) is 25.0 Å². The van der Waals surface area contributed by atoms with Gasteiger partial charge in [-0.3, -0.25) is 4.79 Å². The second-order valence-electron chi connectivity index (χ2n) is 8.14. The molecule has 0 unspecified atom stereocenters. The lowest BCUT2D eigenvalue weighted by atomic mass is 10.0. The van der Waals surface area contributed by atoms with E-state index in [-0.39, 0.29) is 5.91 Å². The zero-order valence-corrected chi connectivity index (χ0v) is 16.4. The number of hydrogen-bond donors (Lipinski definition) is 1. The summed E-state index contributed by atoms with van der Waals surface area (Å²) in [6.07, 6.45) is 9.53. The smallest absolute Gasteiger partial charge is 0.246 e. The van der Waals surface area contributed by atoms with Gasteiger partial charge in [-0.25, -0.2) is 9.56 Å². The molecule has 1 aromatic heterocycles. The van der Waals surface area contributed by atoms with Crippen LogP contribution < -0.4 is 5.32 Å². The summed E-state index contributed by atoms with van der Waals surface area (Å²) in [5.41, 5.74) is 4.38. The molecule has 3 aliphatic heterocycles. The molecule has 4 heterocycles. The molecule has 0 radical (unpaired) electrons. The first-order valence-electron chi connectivity index (χ1n) is 10.2. The number of amides is 1. The zero-order chi connectivity index (χ0) is 19.8. The number of fused-ring (bicyclic) bond motifs is 2. The molecule has 3 aliphatic rings. The van der Waals surface area contributed by atoms with Crippen LogP contribution in [0.4, 0.5) is 11.5 Å². The Hall–Kier alpha value is -3.21. The molecule has 1 saturated heterocycles. The first-order valence-corrected chi connectivity index (χ1v) is 10.2. The summed E-state index contributed by atoms with van der Waals surface area (Å²) in [4.78, 5) is 19.1. The van der Waals surface area contributed by atoms with Crippen molar-refractivity contribution >= 4 is 29.7 Å². The maximum atomic E-state index is 12.7. The highest BCUT2D eigenvalue weighted by atomic mass is 16.2. The highest BCUT2D eigenvalue weighted by Gasteiger charge is 2.42. The van der Waals surface area contributed by atoms with Crippen molar-refractivity contribution in [3.8, 4) is 0 Å². The van der Waals surface area contributed by atoms with E-state index in [4.69, 9.17) is 0 Å². The summed E-state index contributed by atoms with van der Waals surface area (Å²) in [6.45, 7) is 6.56. The molecule has 0 saturated carbocycles. The Labute approximate surface area is 171 Å². The summed E-state index contributed by atoms with van der Waals surface area (Å²) in [5, 5.41) is 3.22. The van der Waals surface area contributed by atoms with Crippen LogP contribution in [0.3, 0.4) is 0 Å². The maximum absolute atomic E-state index is 12.7. The number of aromatic nitrogens is 1. The lowest BCUT2D eigenvalue weighted by Crippen LogP contribution is -2.29. The minimum atomic E-state index is 0.0864. The van der Waals surface area contributed by atoms with Crippen LogP contribution in [0.1, 0.15) is 17.5 Å². The van der Waals surface area contributed by atoms with Gasteiger partial charge in [-0.15, -0.1) is 0 Å². The number of allylic oxidation sites excluding steroid dienone is 1. The second-order valence-corrected chi connectivity index (χ2v) is 8.14. The number of nitrogens with zero attached hydrogens (tertiary/aromatic N) is 3. The number of hydrogen-bond acceptors (Lipinski definition) is 3. The van der Waals surface area contributed by atoms with Crippen LogP contribution in [0.2, 0.25) is 0 Å². The van der Waals surface area contributed by atoms with E-state index < -0.39 is 0 Å². The molecule has 146 valence electrons. The Morgan fingerprint density at radius 1 is 1.24 bits per heavy atom. The third-order valence-electron chi connectivity index (χ3n) is 6.09. The van der Waals surface area contributed by atoms with Gasteiger partial charge in [0, 0.05) is 49.1 Å². The average molecular weight is 385 g/mol. The van der Waals surface area contributed by atoms with E-state index in [2.05, 4.69) is 58.0 Å². The standard InChI is InChI=1S/C24H24N4O/c1-17-7-9-19-11-18(12-25-24(19)26-17)8-10-23(29)28-15-20-13-27(14-21(20)16-28)22-5-3-2-4-6-22/h2-6,8,10-13,20-21H,1,7,9,14-16H2/p+1/t20-,21+/m0/s1. The van der Waals surface area contributed by atoms with Gasteiger partial charge in [0.2, 0.25) is 11.6 Å². The van der Waals surface area contributed by atoms with E-state index in [0.717, 1.165) is 49.6 Å². The topological polar surface area (TPSA) is 48.2 Å². The highest BCUT2D eigenvalue weighted by Crippen LogP contribution is 2.30. The summed E-state index contributed by atoms with van der Waals surface area (Å²) in [6, 6.07) is 12.6. The number of pyridine rings is 1. The van der Waals surface area contributed by atoms with Gasteiger partial charge in [-0.2, -0.15) is 0 Å². The third-order valence-corrected chi connectivity index (χ3v) is 6.09.